The zero-order valence-corrected chi connectivity index (χ0v) is 18.4. The van der Waals surface area contributed by atoms with E-state index in [-0.39, 0.29) is 11.7 Å². The summed E-state index contributed by atoms with van der Waals surface area (Å²) < 4.78 is 22.4. The van der Waals surface area contributed by atoms with Crippen molar-refractivity contribution in [1.82, 2.24) is 24.3 Å². The lowest BCUT2D eigenvalue weighted by atomic mass is 9.90. The largest absolute Gasteiger partial charge is 0.495 e. The monoisotopic (exact) mass is 445 g/mol. The highest BCUT2D eigenvalue weighted by atomic mass is 19.1. The first kappa shape index (κ1) is 21.1. The van der Waals surface area contributed by atoms with Gasteiger partial charge in [-0.3, -0.25) is 0 Å². The molecule has 0 spiro atoms. The van der Waals surface area contributed by atoms with Gasteiger partial charge in [0.05, 0.1) is 24.8 Å². The minimum absolute atomic E-state index is 0.0401. The molecule has 4 aromatic rings. The van der Waals surface area contributed by atoms with E-state index in [0.717, 1.165) is 34.7 Å². The van der Waals surface area contributed by atoms with Crippen molar-refractivity contribution in [3.63, 3.8) is 0 Å². The Kier molecular flexibility index (Phi) is 5.51. The lowest BCUT2D eigenvalue weighted by Crippen LogP contribution is -2.23. The molecule has 2 unspecified atom stereocenters. The van der Waals surface area contributed by atoms with Crippen molar-refractivity contribution < 1.29 is 14.2 Å². The molecule has 0 bridgehead atoms. The molecule has 3 heterocycles. The summed E-state index contributed by atoms with van der Waals surface area (Å²) in [6.45, 7) is 1.94. The van der Waals surface area contributed by atoms with Crippen LogP contribution < -0.4 is 4.74 Å². The van der Waals surface area contributed by atoms with E-state index in [4.69, 9.17) is 4.74 Å². The summed E-state index contributed by atoms with van der Waals surface area (Å²) in [5.41, 5.74) is 3.71. The highest BCUT2D eigenvalue weighted by molar-refractivity contribution is 5.69. The van der Waals surface area contributed by atoms with Crippen LogP contribution in [0.15, 0.2) is 55.0 Å². The number of imidazole rings is 1. The molecule has 33 heavy (non-hydrogen) atoms. The van der Waals surface area contributed by atoms with Gasteiger partial charge < -0.3 is 14.4 Å². The Labute approximate surface area is 190 Å². The summed E-state index contributed by atoms with van der Waals surface area (Å²) in [6.07, 6.45) is 7.99. The van der Waals surface area contributed by atoms with Gasteiger partial charge in [0.1, 0.15) is 23.6 Å². The Balaban J connectivity index is 1.43. The molecule has 1 N–H and O–H groups in total. The third-order valence-corrected chi connectivity index (χ3v) is 5.87. The summed E-state index contributed by atoms with van der Waals surface area (Å²) >= 11 is 0. The third-order valence-electron chi connectivity index (χ3n) is 5.87. The molecular formula is C25H24FN5O2. The predicted molar refractivity (Wildman–Crippen MR) is 123 cm³/mol. The fourth-order valence-electron chi connectivity index (χ4n) is 4.19. The molecule has 1 aliphatic heterocycles. The lowest BCUT2D eigenvalue weighted by Gasteiger charge is -2.26. The average Bonchev–Trinajstić information content (AvgIpc) is 3.45. The number of benzene rings is 2. The smallest absolute Gasteiger partial charge is 0.174 e. The highest BCUT2D eigenvalue weighted by Gasteiger charge is 2.30. The number of halogens is 1. The van der Waals surface area contributed by atoms with Gasteiger partial charge in [0.25, 0.3) is 0 Å². The molecule has 0 amide bonds. The van der Waals surface area contributed by atoms with Crippen LogP contribution in [0.25, 0.3) is 17.8 Å². The average molecular weight is 445 g/mol. The second-order valence-electron chi connectivity index (χ2n) is 8.12. The summed E-state index contributed by atoms with van der Waals surface area (Å²) in [5.74, 6) is 1.60. The number of methoxy groups -OCH3 is 1. The van der Waals surface area contributed by atoms with Crippen molar-refractivity contribution >= 4 is 12.2 Å². The molecule has 8 heteroatoms. The predicted octanol–water partition coefficient (Wildman–Crippen LogP) is 4.51. The van der Waals surface area contributed by atoms with Crippen LogP contribution in [0.1, 0.15) is 53.5 Å². The van der Waals surface area contributed by atoms with Gasteiger partial charge in [-0.25, -0.2) is 19.0 Å². The van der Waals surface area contributed by atoms with Gasteiger partial charge in [-0.15, -0.1) is 5.10 Å². The number of aliphatic hydroxyl groups excluding tert-OH is 1. The van der Waals surface area contributed by atoms with Crippen LogP contribution >= 0.6 is 0 Å². The molecule has 0 aliphatic carbocycles. The molecule has 0 saturated heterocycles. The Morgan fingerprint density at radius 3 is 2.67 bits per heavy atom. The van der Waals surface area contributed by atoms with E-state index in [0.29, 0.717) is 18.1 Å². The maximum absolute atomic E-state index is 13.4. The normalized spacial score (nSPS) is 17.9. The fourth-order valence-corrected chi connectivity index (χ4v) is 4.19. The van der Waals surface area contributed by atoms with Crippen molar-refractivity contribution in [3.05, 3.63) is 89.3 Å². The van der Waals surface area contributed by atoms with Crippen LogP contribution in [0.3, 0.4) is 0 Å². The molecule has 0 radical (unpaired) electrons. The molecule has 2 atom stereocenters. The Hall–Kier alpha value is -3.78. The maximum atomic E-state index is 13.4. The van der Waals surface area contributed by atoms with Gasteiger partial charge in [0.2, 0.25) is 0 Å². The fraction of sp³-hybridized carbons (Fsp3) is 0.240. The van der Waals surface area contributed by atoms with Crippen molar-refractivity contribution in [1.29, 1.82) is 0 Å². The van der Waals surface area contributed by atoms with E-state index in [2.05, 4.69) is 15.1 Å². The zero-order chi connectivity index (χ0) is 22.9. The number of fused-ring (bicyclic) bond motifs is 1. The first-order chi connectivity index (χ1) is 16.0. The molecule has 1 aliphatic rings. The quantitative estimate of drug-likeness (QED) is 0.489. The van der Waals surface area contributed by atoms with Crippen LogP contribution in [0.5, 0.6) is 5.75 Å². The van der Waals surface area contributed by atoms with E-state index in [1.807, 2.05) is 48.0 Å². The van der Waals surface area contributed by atoms with E-state index in [9.17, 15) is 9.50 Å². The second kappa shape index (κ2) is 8.63. The van der Waals surface area contributed by atoms with Crippen molar-refractivity contribution in [2.45, 2.75) is 31.9 Å². The first-order valence-corrected chi connectivity index (χ1v) is 10.8. The maximum Gasteiger partial charge on any atom is 0.174 e. The van der Waals surface area contributed by atoms with E-state index in [1.54, 1.807) is 30.3 Å². The number of aliphatic hydroxyl groups is 1. The number of ether oxygens (including phenoxy) is 1. The van der Waals surface area contributed by atoms with Gasteiger partial charge in [-0.2, -0.15) is 0 Å². The van der Waals surface area contributed by atoms with Crippen LogP contribution in [-0.2, 0) is 0 Å². The first-order valence-electron chi connectivity index (χ1n) is 10.8. The van der Waals surface area contributed by atoms with Gasteiger partial charge in [0.15, 0.2) is 5.82 Å². The number of hydrogen-bond donors (Lipinski definition) is 1. The van der Waals surface area contributed by atoms with E-state index in [1.165, 1.54) is 12.1 Å². The molecule has 0 saturated carbocycles. The minimum Gasteiger partial charge on any atom is -0.495 e. The minimum atomic E-state index is -0.718. The summed E-state index contributed by atoms with van der Waals surface area (Å²) in [4.78, 5) is 8.95. The zero-order valence-electron chi connectivity index (χ0n) is 18.4. The highest BCUT2D eigenvalue weighted by Crippen LogP contribution is 2.36. The SMILES string of the molecule is COc1cc(/C=C/c2nc3n(n2)C(O)CCC3c2ccc(F)cc2)ccc1-n1cnc(C)c1. The Morgan fingerprint density at radius 1 is 1.12 bits per heavy atom. The van der Waals surface area contributed by atoms with Crippen molar-refractivity contribution in [2.24, 2.45) is 0 Å². The number of rotatable bonds is 5. The number of aryl methyl sites for hydroxylation is 1. The second-order valence-corrected chi connectivity index (χ2v) is 8.12. The summed E-state index contributed by atoms with van der Waals surface area (Å²) in [6, 6.07) is 12.3. The van der Waals surface area contributed by atoms with Crippen LogP contribution in [0.4, 0.5) is 4.39 Å². The molecular weight excluding hydrogens is 421 g/mol. The van der Waals surface area contributed by atoms with Gasteiger partial charge in [-0.05, 0) is 61.2 Å². The molecule has 0 fully saturated rings. The van der Waals surface area contributed by atoms with Crippen molar-refractivity contribution in [3.8, 4) is 11.4 Å². The van der Waals surface area contributed by atoms with E-state index >= 15 is 0 Å². The third kappa shape index (κ3) is 4.17. The van der Waals surface area contributed by atoms with Gasteiger partial charge in [0, 0.05) is 12.1 Å². The van der Waals surface area contributed by atoms with Gasteiger partial charge in [-0.1, -0.05) is 24.3 Å². The standard InChI is InChI=1S/C25H24FN5O2/c1-16-14-30(15-27-16)21-10-3-17(13-22(21)33-2)4-11-23-28-25-20(9-12-24(32)31(25)29-23)18-5-7-19(26)8-6-18/h3-8,10-11,13-15,20,24,32H,9,12H2,1-2H3/b11-4+. The topological polar surface area (TPSA) is 78.0 Å². The van der Waals surface area contributed by atoms with Gasteiger partial charge >= 0.3 is 0 Å². The van der Waals surface area contributed by atoms with Crippen LogP contribution in [-0.4, -0.2) is 36.5 Å². The molecule has 2 aromatic carbocycles. The molecule has 5 rings (SSSR count). The van der Waals surface area contributed by atoms with Crippen molar-refractivity contribution in [2.75, 3.05) is 7.11 Å². The Morgan fingerprint density at radius 2 is 1.94 bits per heavy atom. The Bertz CT molecular complexity index is 1310. The van der Waals surface area contributed by atoms with Crippen LogP contribution in [0.2, 0.25) is 0 Å². The number of aromatic nitrogens is 5. The molecule has 168 valence electrons. The van der Waals surface area contributed by atoms with E-state index < -0.39 is 6.23 Å². The van der Waals surface area contributed by atoms with Crippen LogP contribution in [0, 0.1) is 12.7 Å². The molecule has 2 aromatic heterocycles. The summed E-state index contributed by atoms with van der Waals surface area (Å²) in [7, 11) is 1.64. The summed E-state index contributed by atoms with van der Waals surface area (Å²) in [5, 5.41) is 14.9. The molecule has 7 nitrogen and oxygen atoms in total. The lowest BCUT2D eigenvalue weighted by molar-refractivity contribution is 0.0607. The number of hydrogen-bond acceptors (Lipinski definition) is 5. The number of nitrogens with zero attached hydrogens (tertiary/aromatic N) is 5.